The SMILES string of the molecule is O=C(NCC1=CCCC=C1)c1cc(C23CC4CC(CC(C4)C2)C3)c(O)cc1O. The molecule has 0 radical (unpaired) electrons. The van der Waals surface area contributed by atoms with Crippen LogP contribution >= 0.6 is 0 Å². The van der Waals surface area contributed by atoms with Crippen molar-refractivity contribution in [2.75, 3.05) is 6.54 Å². The fraction of sp³-hybridized carbons (Fsp3) is 0.542. The Bertz CT molecular complexity index is 832. The van der Waals surface area contributed by atoms with Crippen molar-refractivity contribution < 1.29 is 15.0 Å². The second kappa shape index (κ2) is 6.68. The first-order valence-electron chi connectivity index (χ1n) is 10.7. The van der Waals surface area contributed by atoms with E-state index in [-0.39, 0.29) is 28.4 Å². The maximum atomic E-state index is 12.8. The smallest absolute Gasteiger partial charge is 0.255 e. The second-order valence-electron chi connectivity index (χ2n) is 9.53. The molecule has 4 heteroatoms. The van der Waals surface area contributed by atoms with Crippen LogP contribution in [0.3, 0.4) is 0 Å². The van der Waals surface area contributed by atoms with Gasteiger partial charge in [-0.1, -0.05) is 18.2 Å². The Hall–Kier alpha value is -2.23. The van der Waals surface area contributed by atoms with Crippen LogP contribution in [0.1, 0.15) is 67.3 Å². The number of phenolic OH excluding ortho intramolecular Hbond substituents is 2. The van der Waals surface area contributed by atoms with Gasteiger partial charge in [0.25, 0.3) is 5.91 Å². The lowest BCUT2D eigenvalue weighted by molar-refractivity contribution is -0.00617. The first-order valence-corrected chi connectivity index (χ1v) is 10.7. The topological polar surface area (TPSA) is 69.6 Å². The molecule has 5 aliphatic carbocycles. The summed E-state index contributed by atoms with van der Waals surface area (Å²) in [6.45, 7) is 0.461. The Morgan fingerprint density at radius 1 is 1.00 bits per heavy atom. The lowest BCUT2D eigenvalue weighted by atomic mass is 9.48. The fourth-order valence-corrected chi connectivity index (χ4v) is 6.70. The third-order valence-electron chi connectivity index (χ3n) is 7.49. The van der Waals surface area contributed by atoms with E-state index in [1.807, 2.05) is 6.08 Å². The first-order chi connectivity index (χ1) is 13.5. The standard InChI is InChI=1S/C24H29NO3/c26-21-10-22(27)20(24-11-16-6-17(12-24)8-18(7-16)13-24)9-19(21)23(28)25-14-15-4-2-1-3-5-15/h2,4-5,9-10,16-18,26-27H,1,3,6-8,11-14H2,(H,25,28). The molecule has 0 unspecified atom stereocenters. The molecule has 1 amide bonds. The third-order valence-corrected chi connectivity index (χ3v) is 7.49. The zero-order chi connectivity index (χ0) is 19.3. The number of hydrogen-bond acceptors (Lipinski definition) is 3. The van der Waals surface area contributed by atoms with Crippen molar-refractivity contribution in [2.45, 2.75) is 56.8 Å². The van der Waals surface area contributed by atoms with Crippen LogP contribution in [0.25, 0.3) is 0 Å². The molecule has 0 aromatic heterocycles. The van der Waals surface area contributed by atoms with Gasteiger partial charge in [0, 0.05) is 18.2 Å². The zero-order valence-electron chi connectivity index (χ0n) is 16.3. The van der Waals surface area contributed by atoms with Crippen molar-refractivity contribution in [3.63, 3.8) is 0 Å². The van der Waals surface area contributed by atoms with Gasteiger partial charge in [0.2, 0.25) is 0 Å². The highest BCUT2D eigenvalue weighted by molar-refractivity contribution is 5.97. The van der Waals surface area contributed by atoms with Crippen molar-refractivity contribution >= 4 is 5.91 Å². The second-order valence-corrected chi connectivity index (χ2v) is 9.53. The largest absolute Gasteiger partial charge is 0.508 e. The number of carbonyl (C=O) groups excluding carboxylic acids is 1. The Kier molecular flexibility index (Phi) is 4.26. The molecular weight excluding hydrogens is 350 g/mol. The van der Waals surface area contributed by atoms with Gasteiger partial charge in [-0.3, -0.25) is 4.79 Å². The molecule has 5 aliphatic rings. The van der Waals surface area contributed by atoms with Crippen LogP contribution in [0.2, 0.25) is 0 Å². The van der Waals surface area contributed by atoms with Crippen molar-refractivity contribution in [2.24, 2.45) is 17.8 Å². The summed E-state index contributed by atoms with van der Waals surface area (Å²) in [6.07, 6.45) is 15.6. The van der Waals surface area contributed by atoms with Gasteiger partial charge in [0.1, 0.15) is 11.5 Å². The molecule has 4 bridgehead atoms. The summed E-state index contributed by atoms with van der Waals surface area (Å²) < 4.78 is 0. The van der Waals surface area contributed by atoms with E-state index in [9.17, 15) is 15.0 Å². The van der Waals surface area contributed by atoms with E-state index < -0.39 is 0 Å². The van der Waals surface area contributed by atoms with Crippen LogP contribution < -0.4 is 5.32 Å². The third kappa shape index (κ3) is 3.03. The van der Waals surface area contributed by atoms with E-state index in [2.05, 4.69) is 17.5 Å². The minimum absolute atomic E-state index is 0.0177. The highest BCUT2D eigenvalue weighted by Crippen LogP contribution is 2.62. The molecule has 4 nitrogen and oxygen atoms in total. The van der Waals surface area contributed by atoms with E-state index in [0.29, 0.717) is 6.54 Å². The van der Waals surface area contributed by atoms with E-state index in [1.54, 1.807) is 6.07 Å². The maximum absolute atomic E-state index is 12.8. The van der Waals surface area contributed by atoms with Gasteiger partial charge in [-0.15, -0.1) is 0 Å². The van der Waals surface area contributed by atoms with Crippen LogP contribution in [0.5, 0.6) is 11.5 Å². The maximum Gasteiger partial charge on any atom is 0.255 e. The van der Waals surface area contributed by atoms with E-state index in [0.717, 1.165) is 61.0 Å². The van der Waals surface area contributed by atoms with Gasteiger partial charge in [0.15, 0.2) is 0 Å². The predicted octanol–water partition coefficient (Wildman–Crippen LogP) is 4.57. The number of allylic oxidation sites excluding steroid dienone is 2. The number of carbonyl (C=O) groups is 1. The van der Waals surface area contributed by atoms with Gasteiger partial charge < -0.3 is 15.5 Å². The molecule has 0 atom stereocenters. The number of aromatic hydroxyl groups is 2. The number of rotatable bonds is 4. The molecule has 0 aliphatic heterocycles. The van der Waals surface area contributed by atoms with Crippen LogP contribution in [0.15, 0.2) is 35.9 Å². The molecule has 0 saturated heterocycles. The lowest BCUT2D eigenvalue weighted by Gasteiger charge is -2.57. The number of hydrogen-bond donors (Lipinski definition) is 3. The molecule has 3 N–H and O–H groups in total. The summed E-state index contributed by atoms with van der Waals surface area (Å²) in [5.74, 6) is 1.99. The minimum Gasteiger partial charge on any atom is -0.508 e. The van der Waals surface area contributed by atoms with Crippen molar-refractivity contribution in [3.8, 4) is 11.5 Å². The molecule has 0 spiro atoms. The van der Waals surface area contributed by atoms with Crippen molar-refractivity contribution in [1.82, 2.24) is 5.32 Å². The molecule has 148 valence electrons. The molecular formula is C24H29NO3. The Balaban J connectivity index is 1.42. The molecule has 4 saturated carbocycles. The average Bonchev–Trinajstić information content (AvgIpc) is 2.66. The number of benzene rings is 1. The van der Waals surface area contributed by atoms with Crippen LogP contribution in [0.4, 0.5) is 0 Å². The average molecular weight is 380 g/mol. The highest BCUT2D eigenvalue weighted by Gasteiger charge is 2.52. The molecule has 0 heterocycles. The predicted molar refractivity (Wildman–Crippen MR) is 108 cm³/mol. The van der Waals surface area contributed by atoms with Gasteiger partial charge in [-0.2, -0.15) is 0 Å². The molecule has 4 fully saturated rings. The minimum atomic E-state index is -0.275. The Morgan fingerprint density at radius 2 is 1.68 bits per heavy atom. The quantitative estimate of drug-likeness (QED) is 0.718. The summed E-state index contributed by atoms with van der Waals surface area (Å²) in [4.78, 5) is 12.8. The summed E-state index contributed by atoms with van der Waals surface area (Å²) in [7, 11) is 0. The van der Waals surface area contributed by atoms with Crippen LogP contribution in [-0.2, 0) is 5.41 Å². The summed E-state index contributed by atoms with van der Waals surface area (Å²) in [5.41, 5.74) is 2.24. The van der Waals surface area contributed by atoms with Crippen molar-refractivity contribution in [1.29, 1.82) is 0 Å². The highest BCUT2D eigenvalue weighted by atomic mass is 16.3. The van der Waals surface area contributed by atoms with E-state index in [4.69, 9.17) is 0 Å². The fourth-order valence-electron chi connectivity index (χ4n) is 6.70. The zero-order valence-corrected chi connectivity index (χ0v) is 16.3. The van der Waals surface area contributed by atoms with Gasteiger partial charge >= 0.3 is 0 Å². The summed E-state index contributed by atoms with van der Waals surface area (Å²) >= 11 is 0. The first kappa shape index (κ1) is 17.8. The molecule has 28 heavy (non-hydrogen) atoms. The van der Waals surface area contributed by atoms with Crippen LogP contribution in [0, 0.1) is 17.8 Å². The molecule has 1 aromatic carbocycles. The summed E-state index contributed by atoms with van der Waals surface area (Å²) in [6, 6.07) is 3.15. The van der Waals surface area contributed by atoms with E-state index in [1.165, 1.54) is 25.3 Å². The Labute approximate surface area is 166 Å². The Morgan fingerprint density at radius 3 is 2.29 bits per heavy atom. The monoisotopic (exact) mass is 379 g/mol. The summed E-state index contributed by atoms with van der Waals surface area (Å²) in [5, 5.41) is 24.0. The number of nitrogens with one attached hydrogen (secondary N) is 1. The molecule has 6 rings (SSSR count). The normalized spacial score (nSPS) is 33.0. The number of phenols is 2. The van der Waals surface area contributed by atoms with Crippen molar-refractivity contribution in [3.05, 3.63) is 47.1 Å². The van der Waals surface area contributed by atoms with Gasteiger partial charge in [-0.25, -0.2) is 0 Å². The number of amides is 1. The van der Waals surface area contributed by atoms with E-state index >= 15 is 0 Å². The lowest BCUT2D eigenvalue weighted by Crippen LogP contribution is -2.48. The van der Waals surface area contributed by atoms with Crippen LogP contribution in [-0.4, -0.2) is 22.7 Å². The van der Waals surface area contributed by atoms with Gasteiger partial charge in [-0.05, 0) is 86.2 Å². The molecule has 1 aromatic rings. The van der Waals surface area contributed by atoms with Gasteiger partial charge in [0.05, 0.1) is 5.56 Å².